The van der Waals surface area contributed by atoms with Crippen LogP contribution in [0.4, 0.5) is 0 Å². The number of hydrogen-bond donors (Lipinski definition) is 1. The van der Waals surface area contributed by atoms with Crippen LogP contribution in [0.15, 0.2) is 65.6 Å². The average molecular weight is 519 g/mol. The zero-order chi connectivity index (χ0) is 25.0. The second-order valence-electron chi connectivity index (χ2n) is 8.40. The zero-order valence-electron chi connectivity index (χ0n) is 19.6. The molecule has 0 aromatic heterocycles. The van der Waals surface area contributed by atoms with E-state index in [0.29, 0.717) is 15.6 Å². The van der Waals surface area contributed by atoms with E-state index in [1.165, 1.54) is 29.8 Å². The van der Waals surface area contributed by atoms with Gasteiger partial charge in [0.05, 0.1) is 17.5 Å². The number of sulfonamides is 1. The van der Waals surface area contributed by atoms with E-state index in [4.69, 9.17) is 23.2 Å². The van der Waals surface area contributed by atoms with Gasteiger partial charge in [-0.2, -0.15) is 4.31 Å². The van der Waals surface area contributed by atoms with Crippen molar-refractivity contribution < 1.29 is 13.2 Å². The molecule has 0 aliphatic heterocycles. The molecular formula is C26H28Cl2N2O3S. The molecule has 34 heavy (non-hydrogen) atoms. The fourth-order valence-electron chi connectivity index (χ4n) is 3.77. The zero-order valence-corrected chi connectivity index (χ0v) is 21.9. The summed E-state index contributed by atoms with van der Waals surface area (Å²) in [4.78, 5) is 13.1. The van der Waals surface area contributed by atoms with Gasteiger partial charge in [0, 0.05) is 16.6 Å². The Morgan fingerprint density at radius 1 is 0.941 bits per heavy atom. The van der Waals surface area contributed by atoms with E-state index in [9.17, 15) is 13.2 Å². The molecular weight excluding hydrogens is 491 g/mol. The highest BCUT2D eigenvalue weighted by molar-refractivity contribution is 7.89. The van der Waals surface area contributed by atoms with E-state index in [2.05, 4.69) is 17.4 Å². The molecule has 5 nitrogen and oxygen atoms in total. The van der Waals surface area contributed by atoms with Crippen molar-refractivity contribution in [1.29, 1.82) is 0 Å². The molecule has 3 rings (SSSR count). The lowest BCUT2D eigenvalue weighted by Gasteiger charge is -2.24. The first kappa shape index (κ1) is 26.2. The Hall–Kier alpha value is -2.38. The van der Waals surface area contributed by atoms with Crippen LogP contribution < -0.4 is 5.32 Å². The van der Waals surface area contributed by atoms with Crippen molar-refractivity contribution in [2.75, 3.05) is 6.54 Å². The molecule has 1 amide bonds. The molecule has 0 heterocycles. The fourth-order valence-corrected chi connectivity index (χ4v) is 5.47. The number of hydrogen-bond acceptors (Lipinski definition) is 3. The monoisotopic (exact) mass is 518 g/mol. The van der Waals surface area contributed by atoms with Gasteiger partial charge in [-0.1, -0.05) is 53.5 Å². The molecule has 0 saturated carbocycles. The van der Waals surface area contributed by atoms with Crippen LogP contribution in [0.1, 0.15) is 40.8 Å². The molecule has 1 N–H and O–H groups in total. The van der Waals surface area contributed by atoms with E-state index < -0.39 is 15.9 Å². The molecule has 3 aromatic rings. The number of aryl methyl sites for hydroxylation is 3. The standard InChI is InChI=1S/C26H28Cl2N2O3S/c1-17-13-19(3)24(14-18(17)2)20(4)29-26(31)16-30(15-21-7-5-6-8-25(21)28)34(32,33)23-11-9-22(27)10-12-23/h5-14,20H,15-16H2,1-4H3,(H,29,31)/t20-/m1/s1. The number of nitrogens with one attached hydrogen (secondary N) is 1. The van der Waals surface area contributed by atoms with Gasteiger partial charge in [0.2, 0.25) is 15.9 Å². The Labute approximate surface area is 211 Å². The predicted octanol–water partition coefficient (Wildman–Crippen LogP) is 5.99. The van der Waals surface area contributed by atoms with E-state index in [0.717, 1.165) is 21.0 Å². The minimum Gasteiger partial charge on any atom is -0.348 e. The van der Waals surface area contributed by atoms with Crippen LogP contribution in [0.2, 0.25) is 10.0 Å². The Morgan fingerprint density at radius 3 is 2.21 bits per heavy atom. The number of amides is 1. The maximum atomic E-state index is 13.4. The first-order chi connectivity index (χ1) is 16.0. The van der Waals surface area contributed by atoms with Crippen molar-refractivity contribution in [3.05, 3.63) is 98.5 Å². The number of rotatable bonds is 8. The van der Waals surface area contributed by atoms with Gasteiger partial charge in [-0.3, -0.25) is 4.79 Å². The third-order valence-corrected chi connectivity index (χ3v) is 8.23. The van der Waals surface area contributed by atoms with Crippen molar-refractivity contribution in [2.24, 2.45) is 0 Å². The first-order valence-electron chi connectivity index (χ1n) is 10.8. The molecule has 0 unspecified atom stereocenters. The molecule has 1 atom stereocenters. The van der Waals surface area contributed by atoms with E-state index >= 15 is 0 Å². The third-order valence-electron chi connectivity index (χ3n) is 5.80. The van der Waals surface area contributed by atoms with Gasteiger partial charge in [-0.15, -0.1) is 0 Å². The second kappa shape index (κ2) is 10.9. The van der Waals surface area contributed by atoms with Gasteiger partial charge in [-0.25, -0.2) is 8.42 Å². The normalized spacial score (nSPS) is 12.6. The molecule has 0 saturated heterocycles. The fraction of sp³-hybridized carbons (Fsp3) is 0.269. The minimum absolute atomic E-state index is 0.0465. The van der Waals surface area contributed by atoms with Crippen molar-refractivity contribution >= 4 is 39.1 Å². The highest BCUT2D eigenvalue weighted by Crippen LogP contribution is 2.25. The van der Waals surface area contributed by atoms with Crippen molar-refractivity contribution in [2.45, 2.75) is 45.2 Å². The molecule has 0 fully saturated rings. The van der Waals surface area contributed by atoms with Gasteiger partial charge in [0.1, 0.15) is 0 Å². The lowest BCUT2D eigenvalue weighted by Crippen LogP contribution is -2.41. The second-order valence-corrected chi connectivity index (χ2v) is 11.2. The molecule has 0 aliphatic rings. The number of nitrogens with zero attached hydrogens (tertiary/aromatic N) is 1. The summed E-state index contributed by atoms with van der Waals surface area (Å²) in [7, 11) is -3.99. The number of carbonyl (C=O) groups is 1. The van der Waals surface area contributed by atoms with Gasteiger partial charge < -0.3 is 5.32 Å². The summed E-state index contributed by atoms with van der Waals surface area (Å²) in [5.41, 5.74) is 4.98. The van der Waals surface area contributed by atoms with Crippen molar-refractivity contribution in [1.82, 2.24) is 9.62 Å². The van der Waals surface area contributed by atoms with Crippen LogP contribution in [-0.4, -0.2) is 25.2 Å². The first-order valence-corrected chi connectivity index (χ1v) is 13.0. The molecule has 0 spiro atoms. The summed E-state index contributed by atoms with van der Waals surface area (Å²) in [6.07, 6.45) is 0. The SMILES string of the molecule is Cc1cc(C)c([C@@H](C)NC(=O)CN(Cc2ccccc2Cl)S(=O)(=O)c2ccc(Cl)cc2)cc1C. The number of halogens is 2. The third kappa shape index (κ3) is 6.19. The van der Waals surface area contributed by atoms with Crippen molar-refractivity contribution in [3.8, 4) is 0 Å². The van der Waals surface area contributed by atoms with E-state index in [1.807, 2.05) is 27.7 Å². The van der Waals surface area contributed by atoms with Crippen LogP contribution in [0.5, 0.6) is 0 Å². The summed E-state index contributed by atoms with van der Waals surface area (Å²) in [5.74, 6) is -0.408. The average Bonchev–Trinajstić information content (AvgIpc) is 2.77. The Kier molecular flexibility index (Phi) is 8.42. The molecule has 8 heteroatoms. The van der Waals surface area contributed by atoms with Crippen LogP contribution >= 0.6 is 23.2 Å². The summed E-state index contributed by atoms with van der Waals surface area (Å²) in [6.45, 7) is 7.56. The summed E-state index contributed by atoms with van der Waals surface area (Å²) in [6, 6.07) is 16.7. The van der Waals surface area contributed by atoms with Gasteiger partial charge in [-0.05, 0) is 85.8 Å². The van der Waals surface area contributed by atoms with Crippen LogP contribution in [0, 0.1) is 20.8 Å². The van der Waals surface area contributed by atoms with Crippen LogP contribution in [0.3, 0.4) is 0 Å². The van der Waals surface area contributed by atoms with Gasteiger partial charge in [0.25, 0.3) is 0 Å². The van der Waals surface area contributed by atoms with E-state index in [1.54, 1.807) is 24.3 Å². The Morgan fingerprint density at radius 2 is 1.56 bits per heavy atom. The van der Waals surface area contributed by atoms with Gasteiger partial charge in [0.15, 0.2) is 0 Å². The lowest BCUT2D eigenvalue weighted by molar-refractivity contribution is -0.122. The molecule has 0 radical (unpaired) electrons. The van der Waals surface area contributed by atoms with Crippen molar-refractivity contribution in [3.63, 3.8) is 0 Å². The topological polar surface area (TPSA) is 66.5 Å². The Balaban J connectivity index is 1.87. The maximum Gasteiger partial charge on any atom is 0.243 e. The van der Waals surface area contributed by atoms with Crippen LogP contribution in [-0.2, 0) is 21.4 Å². The molecule has 0 bridgehead atoms. The number of benzene rings is 3. The Bertz CT molecular complexity index is 1290. The highest BCUT2D eigenvalue weighted by atomic mass is 35.5. The summed E-state index contributed by atoms with van der Waals surface area (Å²) >= 11 is 12.2. The summed E-state index contributed by atoms with van der Waals surface area (Å²) in [5, 5.41) is 3.80. The molecule has 0 aliphatic carbocycles. The summed E-state index contributed by atoms with van der Waals surface area (Å²) < 4.78 is 28.0. The molecule has 180 valence electrons. The quantitative estimate of drug-likeness (QED) is 0.398. The highest BCUT2D eigenvalue weighted by Gasteiger charge is 2.28. The largest absolute Gasteiger partial charge is 0.348 e. The smallest absolute Gasteiger partial charge is 0.243 e. The van der Waals surface area contributed by atoms with Gasteiger partial charge >= 0.3 is 0 Å². The maximum absolute atomic E-state index is 13.4. The number of carbonyl (C=O) groups excluding carboxylic acids is 1. The van der Waals surface area contributed by atoms with Crippen LogP contribution in [0.25, 0.3) is 0 Å². The predicted molar refractivity (Wildman–Crippen MR) is 138 cm³/mol. The molecule has 3 aromatic carbocycles. The van der Waals surface area contributed by atoms with E-state index in [-0.39, 0.29) is 24.0 Å². The lowest BCUT2D eigenvalue weighted by atomic mass is 9.96. The minimum atomic E-state index is -3.99.